The molecule has 1 aromatic carbocycles. The molecule has 0 saturated carbocycles. The number of aromatic nitrogens is 4. The third kappa shape index (κ3) is 2.82. The molecule has 0 bridgehead atoms. The number of anilines is 2. The van der Waals surface area contributed by atoms with Crippen molar-refractivity contribution in [3.8, 4) is 0 Å². The molecule has 0 aliphatic rings. The number of hydrogen-bond acceptors (Lipinski definition) is 5. The van der Waals surface area contributed by atoms with Crippen LogP contribution in [0.25, 0.3) is 11.0 Å². The van der Waals surface area contributed by atoms with Gasteiger partial charge in [-0.05, 0) is 24.6 Å². The van der Waals surface area contributed by atoms with E-state index in [1.54, 1.807) is 6.07 Å². The van der Waals surface area contributed by atoms with Gasteiger partial charge in [0.25, 0.3) is 0 Å². The lowest BCUT2D eigenvalue weighted by atomic mass is 10.1. The molecule has 7 nitrogen and oxygen atoms in total. The lowest BCUT2D eigenvalue weighted by molar-refractivity contribution is 0.874. The Morgan fingerprint density at radius 3 is 2.76 bits per heavy atom. The van der Waals surface area contributed by atoms with Gasteiger partial charge in [0.15, 0.2) is 0 Å². The molecule has 0 radical (unpaired) electrons. The summed E-state index contributed by atoms with van der Waals surface area (Å²) in [5, 5.41) is 3.47. The zero-order valence-corrected chi connectivity index (χ0v) is 11.9. The van der Waals surface area contributed by atoms with Gasteiger partial charge in [-0.15, -0.1) is 0 Å². The van der Waals surface area contributed by atoms with E-state index < -0.39 is 0 Å². The highest BCUT2D eigenvalue weighted by Gasteiger charge is 2.09. The Hall–Kier alpha value is -2.54. The lowest BCUT2D eigenvalue weighted by Crippen LogP contribution is -2.09. The molecule has 5 N–H and O–H groups in total. The maximum atomic E-state index is 11.3. The summed E-state index contributed by atoms with van der Waals surface area (Å²) in [6.45, 7) is 1.97. The second-order valence-corrected chi connectivity index (χ2v) is 5.07. The van der Waals surface area contributed by atoms with Crippen molar-refractivity contribution in [3.05, 3.63) is 45.5 Å². The van der Waals surface area contributed by atoms with Crippen LogP contribution in [0.2, 0.25) is 5.15 Å². The van der Waals surface area contributed by atoms with Crippen LogP contribution in [0.5, 0.6) is 0 Å². The predicted molar refractivity (Wildman–Crippen MR) is 82.4 cm³/mol. The molecule has 0 aliphatic carbocycles. The topological polar surface area (TPSA) is 112 Å². The Kier molecular flexibility index (Phi) is 3.26. The third-order valence-electron chi connectivity index (χ3n) is 3.12. The van der Waals surface area contributed by atoms with E-state index in [2.05, 4.69) is 25.3 Å². The summed E-state index contributed by atoms with van der Waals surface area (Å²) in [6, 6.07) is 7.23. The number of nitrogens with one attached hydrogen (secondary N) is 3. The molecule has 1 atom stereocenters. The van der Waals surface area contributed by atoms with Crippen LogP contribution in [0, 0.1) is 0 Å². The van der Waals surface area contributed by atoms with E-state index in [-0.39, 0.29) is 22.8 Å². The quantitative estimate of drug-likeness (QED) is 0.553. The number of benzene rings is 1. The predicted octanol–water partition coefficient (Wildman–Crippen LogP) is 2.05. The van der Waals surface area contributed by atoms with Crippen LogP contribution < -0.4 is 16.7 Å². The third-order valence-corrected chi connectivity index (χ3v) is 3.31. The molecule has 0 fully saturated rings. The summed E-state index contributed by atoms with van der Waals surface area (Å²) < 4.78 is 0. The van der Waals surface area contributed by atoms with Gasteiger partial charge in [0.05, 0.1) is 17.1 Å². The van der Waals surface area contributed by atoms with Crippen LogP contribution in [0.3, 0.4) is 0 Å². The minimum Gasteiger partial charge on any atom is -0.368 e. The number of hydrogen-bond donors (Lipinski definition) is 4. The molecular formula is C13H13ClN6O. The van der Waals surface area contributed by atoms with Gasteiger partial charge in [0.1, 0.15) is 11.0 Å². The largest absolute Gasteiger partial charge is 0.368 e. The van der Waals surface area contributed by atoms with Crippen molar-refractivity contribution in [2.75, 3.05) is 11.1 Å². The van der Waals surface area contributed by atoms with E-state index in [1.165, 1.54) is 0 Å². The number of nitrogens with two attached hydrogens (primary N) is 1. The van der Waals surface area contributed by atoms with Crippen molar-refractivity contribution in [1.82, 2.24) is 19.9 Å². The summed E-state index contributed by atoms with van der Waals surface area (Å²) in [4.78, 5) is 24.6. The van der Waals surface area contributed by atoms with Gasteiger partial charge >= 0.3 is 5.69 Å². The number of H-pyrrole nitrogens is 2. The molecule has 8 heteroatoms. The molecule has 3 aromatic rings. The average molecular weight is 305 g/mol. The smallest absolute Gasteiger partial charge is 0.323 e. The van der Waals surface area contributed by atoms with E-state index in [0.29, 0.717) is 5.82 Å². The molecule has 0 unspecified atom stereocenters. The highest BCUT2D eigenvalue weighted by molar-refractivity contribution is 6.29. The van der Waals surface area contributed by atoms with Crippen molar-refractivity contribution in [1.29, 1.82) is 0 Å². The Balaban J connectivity index is 1.88. The summed E-state index contributed by atoms with van der Waals surface area (Å²) in [7, 11) is 0. The summed E-state index contributed by atoms with van der Waals surface area (Å²) in [5.41, 5.74) is 7.85. The molecule has 0 aliphatic heterocycles. The zero-order chi connectivity index (χ0) is 15.0. The van der Waals surface area contributed by atoms with Crippen LogP contribution in [0.15, 0.2) is 29.1 Å². The number of aromatic amines is 2. The van der Waals surface area contributed by atoms with Crippen LogP contribution in [0.4, 0.5) is 11.8 Å². The Morgan fingerprint density at radius 2 is 2.00 bits per heavy atom. The standard InChI is InChI=1S/C13H13ClN6O/c1-6(16-11-5-10(14)19-12(15)20-11)7-2-3-8-9(4-7)18-13(21)17-8/h2-6H,1H3,(H2,17,18,21)(H3,15,16,19,20)/t6-/m1/s1. The minimum atomic E-state index is -0.224. The summed E-state index contributed by atoms with van der Waals surface area (Å²) in [5.74, 6) is 0.658. The highest BCUT2D eigenvalue weighted by Crippen LogP contribution is 2.22. The van der Waals surface area contributed by atoms with Crippen LogP contribution in [0.1, 0.15) is 18.5 Å². The fourth-order valence-electron chi connectivity index (χ4n) is 2.13. The van der Waals surface area contributed by atoms with Gasteiger partial charge < -0.3 is 21.0 Å². The first-order valence-corrected chi connectivity index (χ1v) is 6.67. The number of rotatable bonds is 3. The van der Waals surface area contributed by atoms with Crippen molar-refractivity contribution < 1.29 is 0 Å². The van der Waals surface area contributed by atoms with Gasteiger partial charge in [-0.25, -0.2) is 9.78 Å². The van der Waals surface area contributed by atoms with E-state index in [1.807, 2.05) is 25.1 Å². The van der Waals surface area contributed by atoms with Gasteiger partial charge in [0, 0.05) is 6.07 Å². The highest BCUT2D eigenvalue weighted by atomic mass is 35.5. The maximum Gasteiger partial charge on any atom is 0.323 e. The van der Waals surface area contributed by atoms with E-state index in [0.717, 1.165) is 16.6 Å². The van der Waals surface area contributed by atoms with Crippen molar-refractivity contribution in [2.45, 2.75) is 13.0 Å². The van der Waals surface area contributed by atoms with Crippen LogP contribution in [-0.4, -0.2) is 19.9 Å². The molecule has 0 spiro atoms. The number of nitrogens with zero attached hydrogens (tertiary/aromatic N) is 2. The molecule has 108 valence electrons. The lowest BCUT2D eigenvalue weighted by Gasteiger charge is -2.15. The molecule has 2 aromatic heterocycles. The van der Waals surface area contributed by atoms with Gasteiger partial charge in [-0.3, -0.25) is 0 Å². The number of fused-ring (bicyclic) bond motifs is 1. The second kappa shape index (κ2) is 5.10. The normalized spacial score (nSPS) is 12.5. The van der Waals surface area contributed by atoms with Gasteiger partial charge in [-0.2, -0.15) is 4.98 Å². The molecule has 0 saturated heterocycles. The minimum absolute atomic E-state index is 0.0434. The zero-order valence-electron chi connectivity index (χ0n) is 11.1. The maximum absolute atomic E-state index is 11.3. The van der Waals surface area contributed by atoms with Crippen molar-refractivity contribution in [3.63, 3.8) is 0 Å². The van der Waals surface area contributed by atoms with Crippen molar-refractivity contribution >= 4 is 34.4 Å². The fraction of sp³-hybridized carbons (Fsp3) is 0.154. The van der Waals surface area contributed by atoms with Gasteiger partial charge in [-0.1, -0.05) is 17.7 Å². The van der Waals surface area contributed by atoms with E-state index in [4.69, 9.17) is 17.3 Å². The molecule has 0 amide bonds. The Morgan fingerprint density at radius 1 is 1.24 bits per heavy atom. The molecule has 2 heterocycles. The molecule has 21 heavy (non-hydrogen) atoms. The first kappa shape index (κ1) is 13.4. The summed E-state index contributed by atoms with van der Waals surface area (Å²) >= 11 is 5.85. The van der Waals surface area contributed by atoms with E-state index in [9.17, 15) is 4.79 Å². The van der Waals surface area contributed by atoms with Crippen LogP contribution >= 0.6 is 11.6 Å². The average Bonchev–Trinajstić information content (AvgIpc) is 2.76. The number of nitrogen functional groups attached to an aromatic ring is 1. The molecule has 3 rings (SSSR count). The first-order chi connectivity index (χ1) is 10.0. The first-order valence-electron chi connectivity index (χ1n) is 6.30. The number of imidazole rings is 1. The SMILES string of the molecule is C[C@@H](Nc1cc(Cl)nc(N)n1)c1ccc2[nH]c(=O)[nH]c2c1. The van der Waals surface area contributed by atoms with Gasteiger partial charge in [0.2, 0.25) is 5.95 Å². The van der Waals surface area contributed by atoms with Crippen LogP contribution in [-0.2, 0) is 0 Å². The molecular weight excluding hydrogens is 292 g/mol. The van der Waals surface area contributed by atoms with E-state index >= 15 is 0 Å². The second-order valence-electron chi connectivity index (χ2n) is 4.68. The number of halogens is 1. The Bertz CT molecular complexity index is 835. The monoisotopic (exact) mass is 304 g/mol. The Labute approximate surface area is 124 Å². The summed E-state index contributed by atoms with van der Waals surface area (Å²) in [6.07, 6.45) is 0. The van der Waals surface area contributed by atoms with Crippen molar-refractivity contribution in [2.24, 2.45) is 0 Å². The fourth-order valence-corrected chi connectivity index (χ4v) is 2.32.